The van der Waals surface area contributed by atoms with Gasteiger partial charge in [0.2, 0.25) is 0 Å². The second-order valence-electron chi connectivity index (χ2n) is 6.87. The zero-order chi connectivity index (χ0) is 21.5. The third-order valence-corrected chi connectivity index (χ3v) is 4.88. The highest BCUT2D eigenvalue weighted by atomic mass is 35.5. The Bertz CT molecular complexity index is 1140. The summed E-state index contributed by atoms with van der Waals surface area (Å²) in [6.07, 6.45) is 3.24. The molecular weight excluding hydrogens is 412 g/mol. The third-order valence-electron chi connectivity index (χ3n) is 4.65. The monoisotopic (exact) mass is 432 g/mol. The molecular formula is C25H21ClN2O3. The summed E-state index contributed by atoms with van der Waals surface area (Å²) in [6.45, 7) is 1.23. The Hall–Kier alpha value is -3.41. The summed E-state index contributed by atoms with van der Waals surface area (Å²) >= 11 is 6.15. The molecule has 0 atom stereocenters. The normalized spacial score (nSPS) is 10.7. The van der Waals surface area contributed by atoms with E-state index in [-0.39, 0.29) is 5.78 Å². The standard InChI is InChI=1S/C25H21ClN2O3/c26-21-11-12-24(31-14-13-30-18-19-7-3-1-4-8-19)23(15-21)25(29)20-16-27-28(17-20)22-9-5-2-6-10-22/h1-12,15-17H,13-14,18H2. The average Bonchev–Trinajstić information content (AvgIpc) is 3.31. The topological polar surface area (TPSA) is 53.4 Å². The number of nitrogens with zero attached hydrogens (tertiary/aromatic N) is 2. The Morgan fingerprint density at radius 2 is 1.68 bits per heavy atom. The lowest BCUT2D eigenvalue weighted by Crippen LogP contribution is -2.10. The quantitative estimate of drug-likeness (QED) is 0.264. The number of hydrogen-bond acceptors (Lipinski definition) is 4. The van der Waals surface area contributed by atoms with Gasteiger partial charge < -0.3 is 9.47 Å². The van der Waals surface area contributed by atoms with Crippen molar-refractivity contribution in [3.8, 4) is 11.4 Å². The molecule has 0 aliphatic heterocycles. The maximum Gasteiger partial charge on any atom is 0.199 e. The molecule has 1 aromatic heterocycles. The van der Waals surface area contributed by atoms with Crippen LogP contribution in [0.5, 0.6) is 5.75 Å². The molecule has 0 bridgehead atoms. The molecule has 0 unspecified atom stereocenters. The van der Waals surface area contributed by atoms with Crippen molar-refractivity contribution in [2.75, 3.05) is 13.2 Å². The van der Waals surface area contributed by atoms with Crippen molar-refractivity contribution in [2.24, 2.45) is 0 Å². The molecule has 156 valence electrons. The van der Waals surface area contributed by atoms with Gasteiger partial charge in [-0.05, 0) is 35.9 Å². The highest BCUT2D eigenvalue weighted by molar-refractivity contribution is 6.31. The molecule has 4 aromatic rings. The van der Waals surface area contributed by atoms with E-state index in [1.54, 1.807) is 35.3 Å². The minimum atomic E-state index is -0.204. The summed E-state index contributed by atoms with van der Waals surface area (Å²) in [6, 6.07) is 24.6. The van der Waals surface area contributed by atoms with Gasteiger partial charge in [-0.1, -0.05) is 60.1 Å². The zero-order valence-corrected chi connectivity index (χ0v) is 17.5. The molecule has 0 radical (unpaired) electrons. The van der Waals surface area contributed by atoms with E-state index in [1.165, 1.54) is 0 Å². The van der Waals surface area contributed by atoms with Crippen LogP contribution in [0.1, 0.15) is 21.5 Å². The summed E-state index contributed by atoms with van der Waals surface area (Å²) in [7, 11) is 0. The fraction of sp³-hybridized carbons (Fsp3) is 0.120. The van der Waals surface area contributed by atoms with Crippen molar-refractivity contribution in [2.45, 2.75) is 6.61 Å². The molecule has 4 rings (SSSR count). The van der Waals surface area contributed by atoms with E-state index in [1.807, 2.05) is 60.7 Å². The fourth-order valence-electron chi connectivity index (χ4n) is 3.10. The van der Waals surface area contributed by atoms with Crippen LogP contribution in [0.2, 0.25) is 5.02 Å². The van der Waals surface area contributed by atoms with E-state index in [0.717, 1.165) is 11.3 Å². The van der Waals surface area contributed by atoms with Gasteiger partial charge in [-0.2, -0.15) is 5.10 Å². The van der Waals surface area contributed by atoms with Gasteiger partial charge in [0.15, 0.2) is 5.78 Å². The van der Waals surface area contributed by atoms with Crippen LogP contribution in [-0.4, -0.2) is 28.8 Å². The molecule has 0 saturated carbocycles. The van der Waals surface area contributed by atoms with Crippen LogP contribution < -0.4 is 4.74 Å². The van der Waals surface area contributed by atoms with E-state index in [2.05, 4.69) is 5.10 Å². The molecule has 0 aliphatic carbocycles. The molecule has 0 aliphatic rings. The van der Waals surface area contributed by atoms with Crippen LogP contribution in [0, 0.1) is 0 Å². The van der Waals surface area contributed by atoms with Crippen LogP contribution in [0.25, 0.3) is 5.69 Å². The highest BCUT2D eigenvalue weighted by Gasteiger charge is 2.18. The van der Waals surface area contributed by atoms with Gasteiger partial charge in [0, 0.05) is 11.2 Å². The van der Waals surface area contributed by atoms with Gasteiger partial charge in [0.25, 0.3) is 0 Å². The highest BCUT2D eigenvalue weighted by Crippen LogP contribution is 2.26. The molecule has 31 heavy (non-hydrogen) atoms. The Labute approximate surface area is 185 Å². The summed E-state index contributed by atoms with van der Waals surface area (Å²) < 4.78 is 13.1. The third kappa shape index (κ3) is 5.40. The van der Waals surface area contributed by atoms with E-state index in [9.17, 15) is 4.79 Å². The van der Waals surface area contributed by atoms with Crippen molar-refractivity contribution >= 4 is 17.4 Å². The number of benzene rings is 3. The number of ether oxygens (including phenoxy) is 2. The second kappa shape index (κ2) is 10.1. The average molecular weight is 433 g/mol. The van der Waals surface area contributed by atoms with Gasteiger partial charge in [-0.3, -0.25) is 4.79 Å². The van der Waals surface area contributed by atoms with Gasteiger partial charge >= 0.3 is 0 Å². The van der Waals surface area contributed by atoms with Crippen molar-refractivity contribution in [3.63, 3.8) is 0 Å². The molecule has 0 spiro atoms. The fourth-order valence-corrected chi connectivity index (χ4v) is 3.27. The van der Waals surface area contributed by atoms with Crippen LogP contribution >= 0.6 is 11.6 Å². The van der Waals surface area contributed by atoms with Crippen LogP contribution in [-0.2, 0) is 11.3 Å². The Kier molecular flexibility index (Phi) is 6.77. The molecule has 3 aromatic carbocycles. The van der Waals surface area contributed by atoms with E-state index < -0.39 is 0 Å². The first-order valence-corrected chi connectivity index (χ1v) is 10.3. The lowest BCUT2D eigenvalue weighted by Gasteiger charge is -2.11. The summed E-state index contributed by atoms with van der Waals surface area (Å²) in [4.78, 5) is 13.1. The number of aromatic nitrogens is 2. The van der Waals surface area contributed by atoms with E-state index >= 15 is 0 Å². The van der Waals surface area contributed by atoms with Gasteiger partial charge in [0.05, 0.1) is 36.2 Å². The van der Waals surface area contributed by atoms with Crippen molar-refractivity contribution in [1.82, 2.24) is 9.78 Å². The molecule has 5 nitrogen and oxygen atoms in total. The smallest absolute Gasteiger partial charge is 0.199 e. The SMILES string of the molecule is O=C(c1cnn(-c2ccccc2)c1)c1cc(Cl)ccc1OCCOCc1ccccc1. The van der Waals surface area contributed by atoms with Crippen LogP contribution in [0.4, 0.5) is 0 Å². The molecule has 1 heterocycles. The predicted molar refractivity (Wildman–Crippen MR) is 120 cm³/mol. The summed E-state index contributed by atoms with van der Waals surface area (Å²) in [5.74, 6) is 0.259. The molecule has 0 amide bonds. The molecule has 0 saturated heterocycles. The van der Waals surface area contributed by atoms with Gasteiger partial charge in [-0.15, -0.1) is 0 Å². The lowest BCUT2D eigenvalue weighted by molar-refractivity contribution is 0.0877. The van der Waals surface area contributed by atoms with Crippen LogP contribution in [0.15, 0.2) is 91.3 Å². The first-order valence-electron chi connectivity index (χ1n) is 9.89. The number of hydrogen-bond donors (Lipinski definition) is 0. The maximum absolute atomic E-state index is 13.1. The summed E-state index contributed by atoms with van der Waals surface area (Å²) in [5, 5.41) is 4.77. The molecule has 0 fully saturated rings. The predicted octanol–water partition coefficient (Wildman–Crippen LogP) is 5.35. The van der Waals surface area contributed by atoms with E-state index in [4.69, 9.17) is 21.1 Å². The maximum atomic E-state index is 13.1. The number of ketones is 1. The van der Waals surface area contributed by atoms with Gasteiger partial charge in [-0.25, -0.2) is 4.68 Å². The minimum absolute atomic E-state index is 0.204. The number of carbonyl (C=O) groups excluding carboxylic acids is 1. The van der Waals surface area contributed by atoms with Crippen LogP contribution in [0.3, 0.4) is 0 Å². The summed E-state index contributed by atoms with van der Waals surface area (Å²) in [5.41, 5.74) is 2.82. The second-order valence-corrected chi connectivity index (χ2v) is 7.30. The van der Waals surface area contributed by atoms with Gasteiger partial charge in [0.1, 0.15) is 12.4 Å². The van der Waals surface area contributed by atoms with Crippen molar-refractivity contribution in [3.05, 3.63) is 113 Å². The van der Waals surface area contributed by atoms with E-state index in [0.29, 0.717) is 41.7 Å². The number of para-hydroxylation sites is 1. The Morgan fingerprint density at radius 3 is 2.45 bits per heavy atom. The van der Waals surface area contributed by atoms with Crippen molar-refractivity contribution in [1.29, 1.82) is 0 Å². The molecule has 0 N–H and O–H groups in total. The number of carbonyl (C=O) groups is 1. The van der Waals surface area contributed by atoms with Crippen molar-refractivity contribution < 1.29 is 14.3 Å². The number of halogens is 1. The number of rotatable bonds is 9. The minimum Gasteiger partial charge on any atom is -0.490 e. The zero-order valence-electron chi connectivity index (χ0n) is 16.8. The first kappa shape index (κ1) is 20.8. The molecule has 6 heteroatoms. The lowest BCUT2D eigenvalue weighted by atomic mass is 10.1. The first-order chi connectivity index (χ1) is 15.2. The largest absolute Gasteiger partial charge is 0.490 e. The Balaban J connectivity index is 1.42. The Morgan fingerprint density at radius 1 is 0.935 bits per heavy atom.